The zero-order chi connectivity index (χ0) is 15.2. The number of hydrogen-bond donors (Lipinski definition) is 2. The molecule has 0 radical (unpaired) electrons. The van der Waals surface area contributed by atoms with E-state index in [1.165, 1.54) is 5.56 Å². The number of aryl methyl sites for hydroxylation is 1. The third-order valence-corrected chi connectivity index (χ3v) is 3.47. The Hall–Kier alpha value is -2.49. The average Bonchev–Trinajstić information content (AvgIpc) is 2.53. The summed E-state index contributed by atoms with van der Waals surface area (Å²) in [5.41, 5.74) is 9.86. The molecule has 4 nitrogen and oxygen atoms in total. The Labute approximate surface area is 125 Å². The van der Waals surface area contributed by atoms with Gasteiger partial charge >= 0.3 is 0 Å². The Morgan fingerprint density at radius 2 is 1.90 bits per heavy atom. The second-order valence-corrected chi connectivity index (χ2v) is 5.01. The lowest BCUT2D eigenvalue weighted by atomic mass is 10.1. The fraction of sp³-hybridized carbons (Fsp3) is 0.235. The Morgan fingerprint density at radius 1 is 1.19 bits per heavy atom. The van der Waals surface area contributed by atoms with Gasteiger partial charge in [0.05, 0.1) is 0 Å². The van der Waals surface area contributed by atoms with E-state index in [2.05, 4.69) is 29.1 Å². The number of benzene rings is 2. The highest BCUT2D eigenvalue weighted by Gasteiger charge is 2.13. The fourth-order valence-electron chi connectivity index (χ4n) is 2.36. The van der Waals surface area contributed by atoms with Crippen molar-refractivity contribution in [2.75, 3.05) is 11.4 Å². The first-order valence-electron chi connectivity index (χ1n) is 7.03. The zero-order valence-corrected chi connectivity index (χ0v) is 12.5. The Kier molecular flexibility index (Phi) is 4.82. The van der Waals surface area contributed by atoms with Crippen LogP contribution < -0.4 is 10.6 Å². The minimum atomic E-state index is 0.139. The van der Waals surface area contributed by atoms with Crippen molar-refractivity contribution in [1.82, 2.24) is 0 Å². The molecule has 2 aromatic carbocycles. The molecule has 2 rings (SSSR count). The third kappa shape index (κ3) is 3.54. The molecule has 21 heavy (non-hydrogen) atoms. The van der Waals surface area contributed by atoms with E-state index >= 15 is 0 Å². The molecule has 0 amide bonds. The van der Waals surface area contributed by atoms with E-state index in [4.69, 9.17) is 10.9 Å². The molecule has 0 unspecified atom stereocenters. The third-order valence-electron chi connectivity index (χ3n) is 3.47. The normalized spacial score (nSPS) is 11.4. The molecular weight excluding hydrogens is 262 g/mol. The van der Waals surface area contributed by atoms with Gasteiger partial charge in [-0.15, -0.1) is 0 Å². The van der Waals surface area contributed by atoms with Gasteiger partial charge in [0.1, 0.15) is 0 Å². The van der Waals surface area contributed by atoms with E-state index in [1.807, 2.05) is 43.3 Å². The van der Waals surface area contributed by atoms with Gasteiger partial charge in [0, 0.05) is 24.3 Å². The largest absolute Gasteiger partial charge is 0.409 e. The SMILES string of the molecule is CCN(Cc1ccccc1)c1ccc(C)cc1/C(N)=N/O. The van der Waals surface area contributed by atoms with Crippen molar-refractivity contribution in [3.8, 4) is 0 Å². The van der Waals surface area contributed by atoms with Gasteiger partial charge in [-0.25, -0.2) is 0 Å². The van der Waals surface area contributed by atoms with E-state index in [-0.39, 0.29) is 5.84 Å². The van der Waals surface area contributed by atoms with Gasteiger partial charge in [-0.3, -0.25) is 0 Å². The maximum atomic E-state index is 8.99. The maximum Gasteiger partial charge on any atom is 0.172 e. The topological polar surface area (TPSA) is 61.8 Å². The standard InChI is InChI=1S/C17H21N3O/c1-3-20(12-14-7-5-4-6-8-14)16-10-9-13(2)11-15(16)17(18)19-21/h4-11,21H,3,12H2,1-2H3,(H2,18,19). The number of rotatable bonds is 5. The molecule has 0 saturated carbocycles. The molecule has 4 heteroatoms. The Morgan fingerprint density at radius 3 is 2.52 bits per heavy atom. The quantitative estimate of drug-likeness (QED) is 0.383. The van der Waals surface area contributed by atoms with Crippen molar-refractivity contribution in [2.24, 2.45) is 10.9 Å². The lowest BCUT2D eigenvalue weighted by Crippen LogP contribution is -2.26. The smallest absolute Gasteiger partial charge is 0.172 e. The molecule has 110 valence electrons. The molecular formula is C17H21N3O. The van der Waals surface area contributed by atoms with Crippen LogP contribution in [0.2, 0.25) is 0 Å². The molecule has 0 aliphatic carbocycles. The molecule has 0 heterocycles. The van der Waals surface area contributed by atoms with Crippen LogP contribution in [-0.2, 0) is 6.54 Å². The number of nitrogens with two attached hydrogens (primary N) is 1. The fourth-order valence-corrected chi connectivity index (χ4v) is 2.36. The molecule has 0 spiro atoms. The molecule has 0 saturated heterocycles. The van der Waals surface area contributed by atoms with Gasteiger partial charge in [0.15, 0.2) is 5.84 Å². The van der Waals surface area contributed by atoms with Crippen LogP contribution in [0.3, 0.4) is 0 Å². The van der Waals surface area contributed by atoms with Crippen LogP contribution in [-0.4, -0.2) is 17.6 Å². The molecule has 3 N–H and O–H groups in total. The summed E-state index contributed by atoms with van der Waals surface area (Å²) in [6, 6.07) is 16.3. The second kappa shape index (κ2) is 6.79. The van der Waals surface area contributed by atoms with Crippen LogP contribution in [0.15, 0.2) is 53.7 Å². The van der Waals surface area contributed by atoms with Crippen LogP contribution in [0.1, 0.15) is 23.6 Å². The van der Waals surface area contributed by atoms with E-state index in [0.29, 0.717) is 0 Å². The first-order chi connectivity index (χ1) is 10.2. The van der Waals surface area contributed by atoms with E-state index in [1.54, 1.807) is 0 Å². The van der Waals surface area contributed by atoms with Crippen LogP contribution in [0.4, 0.5) is 5.69 Å². The second-order valence-electron chi connectivity index (χ2n) is 5.01. The summed E-state index contributed by atoms with van der Waals surface area (Å²) in [6.07, 6.45) is 0. The molecule has 0 aromatic heterocycles. The Bertz CT molecular complexity index is 623. The van der Waals surface area contributed by atoms with Gasteiger partial charge in [-0.1, -0.05) is 47.1 Å². The van der Waals surface area contributed by atoms with Crippen molar-refractivity contribution < 1.29 is 5.21 Å². The highest BCUT2D eigenvalue weighted by Crippen LogP contribution is 2.23. The highest BCUT2D eigenvalue weighted by molar-refractivity contribution is 6.02. The van der Waals surface area contributed by atoms with Gasteiger partial charge < -0.3 is 15.8 Å². The van der Waals surface area contributed by atoms with Crippen LogP contribution in [0, 0.1) is 6.92 Å². The van der Waals surface area contributed by atoms with Gasteiger partial charge in [0.25, 0.3) is 0 Å². The molecule has 0 aliphatic heterocycles. The first kappa shape index (κ1) is 14.9. The van der Waals surface area contributed by atoms with E-state index < -0.39 is 0 Å². The monoisotopic (exact) mass is 283 g/mol. The van der Waals surface area contributed by atoms with Crippen molar-refractivity contribution in [2.45, 2.75) is 20.4 Å². The molecule has 0 fully saturated rings. The van der Waals surface area contributed by atoms with Crippen LogP contribution in [0.5, 0.6) is 0 Å². The summed E-state index contributed by atoms with van der Waals surface area (Å²) in [5, 5.41) is 12.1. The highest BCUT2D eigenvalue weighted by atomic mass is 16.4. The Balaban J connectivity index is 2.38. The lowest BCUT2D eigenvalue weighted by Gasteiger charge is -2.26. The number of amidine groups is 1. The zero-order valence-electron chi connectivity index (χ0n) is 12.5. The summed E-state index contributed by atoms with van der Waals surface area (Å²) in [4.78, 5) is 2.21. The molecule has 0 aliphatic rings. The number of hydrogen-bond acceptors (Lipinski definition) is 3. The van der Waals surface area contributed by atoms with Gasteiger partial charge in [0.2, 0.25) is 0 Å². The summed E-state index contributed by atoms with van der Waals surface area (Å²) in [6.45, 7) is 5.71. The predicted octanol–water partition coefficient (Wildman–Crippen LogP) is 3.12. The van der Waals surface area contributed by atoms with E-state index in [0.717, 1.165) is 29.9 Å². The van der Waals surface area contributed by atoms with E-state index in [9.17, 15) is 0 Å². The minimum absolute atomic E-state index is 0.139. The van der Waals surface area contributed by atoms with Gasteiger partial charge in [-0.2, -0.15) is 0 Å². The van der Waals surface area contributed by atoms with Crippen LogP contribution in [0.25, 0.3) is 0 Å². The molecule has 0 atom stereocenters. The number of anilines is 1. The molecule has 2 aromatic rings. The predicted molar refractivity (Wildman–Crippen MR) is 86.9 cm³/mol. The summed E-state index contributed by atoms with van der Waals surface area (Å²) in [7, 11) is 0. The summed E-state index contributed by atoms with van der Waals surface area (Å²) in [5.74, 6) is 0.139. The van der Waals surface area contributed by atoms with Crippen molar-refractivity contribution in [3.63, 3.8) is 0 Å². The minimum Gasteiger partial charge on any atom is -0.409 e. The summed E-state index contributed by atoms with van der Waals surface area (Å²) < 4.78 is 0. The van der Waals surface area contributed by atoms with Crippen molar-refractivity contribution >= 4 is 11.5 Å². The number of nitrogens with zero attached hydrogens (tertiary/aromatic N) is 2. The summed E-state index contributed by atoms with van der Waals surface area (Å²) >= 11 is 0. The number of oxime groups is 1. The lowest BCUT2D eigenvalue weighted by molar-refractivity contribution is 0.318. The first-order valence-corrected chi connectivity index (χ1v) is 7.03. The maximum absolute atomic E-state index is 8.99. The van der Waals surface area contributed by atoms with Gasteiger partial charge in [-0.05, 0) is 31.5 Å². The molecule has 0 bridgehead atoms. The van der Waals surface area contributed by atoms with Crippen LogP contribution >= 0.6 is 0 Å². The van der Waals surface area contributed by atoms with Crippen molar-refractivity contribution in [1.29, 1.82) is 0 Å². The van der Waals surface area contributed by atoms with Crippen molar-refractivity contribution in [3.05, 3.63) is 65.2 Å². The average molecular weight is 283 g/mol.